The summed E-state index contributed by atoms with van der Waals surface area (Å²) >= 11 is 13.7. The zero-order chi connectivity index (χ0) is 42.0. The minimum atomic E-state index is -0.111. The number of morpholine rings is 1. The summed E-state index contributed by atoms with van der Waals surface area (Å²) in [5.74, 6) is 2.13. The summed E-state index contributed by atoms with van der Waals surface area (Å²) in [6, 6.07) is 14.1. The SMILES string of the molecule is Cc1cc(OCCCc2c3n(c4c(-c5c(C)nc(CN6CCOCC6)nc5C)c(Cl)ccc24)C(C)CN(c2cn(C)c4ccc(-c5ncn(C)n5)cc24)C3=O)cc(C)c1Cl. The summed E-state index contributed by atoms with van der Waals surface area (Å²) < 4.78 is 17.9. The molecule has 6 heterocycles. The maximum absolute atomic E-state index is 15.4. The third-order valence-corrected chi connectivity index (χ3v) is 12.9. The zero-order valence-electron chi connectivity index (χ0n) is 35.1. The largest absolute Gasteiger partial charge is 0.494 e. The van der Waals surface area contributed by atoms with Crippen molar-refractivity contribution in [3.8, 4) is 28.3 Å². The van der Waals surface area contributed by atoms with E-state index in [1.807, 2.05) is 71.0 Å². The van der Waals surface area contributed by atoms with Gasteiger partial charge in [-0.05, 0) is 101 Å². The van der Waals surface area contributed by atoms with E-state index in [4.69, 9.17) is 42.6 Å². The van der Waals surface area contributed by atoms with Gasteiger partial charge in [-0.2, -0.15) is 5.10 Å². The number of aromatic nitrogens is 7. The molecule has 12 nitrogen and oxygen atoms in total. The highest BCUT2D eigenvalue weighted by molar-refractivity contribution is 6.35. The van der Waals surface area contributed by atoms with Gasteiger partial charge in [-0.1, -0.05) is 29.3 Å². The van der Waals surface area contributed by atoms with E-state index in [-0.39, 0.29) is 11.9 Å². The molecule has 0 N–H and O–H groups in total. The van der Waals surface area contributed by atoms with Crippen LogP contribution in [-0.4, -0.2) is 84.1 Å². The van der Waals surface area contributed by atoms with Crippen LogP contribution in [-0.2, 0) is 31.8 Å². The fourth-order valence-corrected chi connectivity index (χ4v) is 9.53. The van der Waals surface area contributed by atoms with Gasteiger partial charge in [0.15, 0.2) is 5.82 Å². The number of fused-ring (bicyclic) bond motifs is 4. The Hall–Kier alpha value is -5.27. The Labute approximate surface area is 359 Å². The number of carbonyl (C=O) groups excluding carboxylic acids is 1. The third kappa shape index (κ3) is 7.12. The first kappa shape index (κ1) is 40.2. The summed E-state index contributed by atoms with van der Waals surface area (Å²) in [5, 5.41) is 7.84. The molecule has 9 rings (SSSR count). The van der Waals surface area contributed by atoms with E-state index in [1.54, 1.807) is 11.0 Å². The van der Waals surface area contributed by atoms with Crippen LogP contribution in [0, 0.1) is 27.7 Å². The highest BCUT2D eigenvalue weighted by Crippen LogP contribution is 2.46. The molecule has 310 valence electrons. The Morgan fingerprint density at radius 3 is 2.35 bits per heavy atom. The van der Waals surface area contributed by atoms with Crippen LogP contribution < -0.4 is 9.64 Å². The maximum Gasteiger partial charge on any atom is 0.275 e. The molecule has 1 atom stereocenters. The van der Waals surface area contributed by atoms with E-state index >= 15 is 4.79 Å². The second-order valence-electron chi connectivity index (χ2n) is 16.3. The molecule has 1 saturated heterocycles. The number of anilines is 1. The maximum atomic E-state index is 15.4. The van der Waals surface area contributed by atoms with Crippen molar-refractivity contribution >= 4 is 56.6 Å². The summed E-state index contributed by atoms with van der Waals surface area (Å²) in [4.78, 5) is 34.3. The average Bonchev–Trinajstić information content (AvgIpc) is 3.91. The van der Waals surface area contributed by atoms with Crippen LogP contribution in [0.15, 0.2) is 55.0 Å². The Bertz CT molecular complexity index is 2770. The van der Waals surface area contributed by atoms with Crippen LogP contribution in [0.4, 0.5) is 5.69 Å². The molecule has 0 bridgehead atoms. The normalized spacial score (nSPS) is 16.1. The van der Waals surface area contributed by atoms with Gasteiger partial charge in [0.2, 0.25) is 0 Å². The molecular formula is C46H49Cl2N9O3. The zero-order valence-corrected chi connectivity index (χ0v) is 36.7. The number of carbonyl (C=O) groups is 1. The lowest BCUT2D eigenvalue weighted by atomic mass is 9.97. The van der Waals surface area contributed by atoms with Gasteiger partial charge in [-0.25, -0.2) is 15.0 Å². The minimum absolute atomic E-state index is 0.0642. The molecule has 14 heteroatoms. The van der Waals surface area contributed by atoms with Gasteiger partial charge >= 0.3 is 0 Å². The summed E-state index contributed by atoms with van der Waals surface area (Å²) in [6.45, 7) is 14.9. The Morgan fingerprint density at radius 2 is 1.65 bits per heavy atom. The number of halogens is 2. The minimum Gasteiger partial charge on any atom is -0.494 e. The predicted molar refractivity (Wildman–Crippen MR) is 238 cm³/mol. The molecule has 3 aromatic carbocycles. The number of amides is 1. The third-order valence-electron chi connectivity index (χ3n) is 12.0. The standard InChI is InChI=1S/C46H49Cl2N9O3/c1-26-19-32(20-27(2)42(26)48)60-16-8-9-33-34-11-12-36(47)41(40-29(4)50-39(51-30(40)5)24-55-14-17-59-18-15-55)43(34)57-28(3)22-56(46(58)44(33)57)38-23-53(6)37-13-10-31(21-35(37)38)45-49-25-54(7)52-45/h10-13,19-21,23,25,28H,8-9,14-18,22,24H2,1-7H3. The van der Waals surface area contributed by atoms with Gasteiger partial charge in [-0.15, -0.1) is 0 Å². The second-order valence-corrected chi connectivity index (χ2v) is 17.1. The number of benzene rings is 3. The molecule has 0 aliphatic carbocycles. The molecule has 60 heavy (non-hydrogen) atoms. The van der Waals surface area contributed by atoms with Crippen LogP contribution >= 0.6 is 23.2 Å². The van der Waals surface area contributed by atoms with Gasteiger partial charge in [0.1, 0.15) is 23.6 Å². The van der Waals surface area contributed by atoms with E-state index in [0.717, 1.165) is 102 Å². The topological polar surface area (TPSA) is 108 Å². The van der Waals surface area contributed by atoms with Crippen molar-refractivity contribution < 1.29 is 14.3 Å². The molecule has 1 unspecified atom stereocenters. The molecule has 0 radical (unpaired) electrons. The number of hydrogen-bond donors (Lipinski definition) is 0. The monoisotopic (exact) mass is 845 g/mol. The van der Waals surface area contributed by atoms with Gasteiger partial charge < -0.3 is 23.5 Å². The van der Waals surface area contributed by atoms with Crippen LogP contribution in [0.25, 0.3) is 44.3 Å². The number of rotatable bonds is 10. The van der Waals surface area contributed by atoms with Crippen molar-refractivity contribution in [2.45, 2.75) is 60.0 Å². The number of aryl methyl sites for hydroxylation is 7. The lowest BCUT2D eigenvalue weighted by Crippen LogP contribution is -2.42. The Balaban J connectivity index is 1.16. The fourth-order valence-electron chi connectivity index (χ4n) is 9.18. The predicted octanol–water partition coefficient (Wildman–Crippen LogP) is 8.99. The molecule has 0 saturated carbocycles. The lowest BCUT2D eigenvalue weighted by Gasteiger charge is -2.34. The van der Waals surface area contributed by atoms with Gasteiger partial charge in [0.25, 0.3) is 5.91 Å². The first-order chi connectivity index (χ1) is 28.9. The van der Waals surface area contributed by atoms with Gasteiger partial charge in [-0.3, -0.25) is 14.4 Å². The van der Waals surface area contributed by atoms with E-state index in [2.05, 4.69) is 55.4 Å². The quantitative estimate of drug-likeness (QED) is 0.126. The van der Waals surface area contributed by atoms with Gasteiger partial charge in [0.05, 0.1) is 42.6 Å². The van der Waals surface area contributed by atoms with Crippen molar-refractivity contribution in [3.05, 3.63) is 105 Å². The first-order valence-electron chi connectivity index (χ1n) is 20.5. The van der Waals surface area contributed by atoms with Crippen molar-refractivity contribution in [1.29, 1.82) is 0 Å². The molecule has 7 aromatic rings. The van der Waals surface area contributed by atoms with E-state index in [1.165, 1.54) is 0 Å². The Kier molecular flexibility index (Phi) is 10.7. The lowest BCUT2D eigenvalue weighted by molar-refractivity contribution is 0.0330. The molecule has 2 aliphatic rings. The Morgan fingerprint density at radius 1 is 0.917 bits per heavy atom. The van der Waals surface area contributed by atoms with E-state index in [9.17, 15) is 0 Å². The van der Waals surface area contributed by atoms with Crippen molar-refractivity contribution in [2.75, 3.05) is 44.4 Å². The summed E-state index contributed by atoms with van der Waals surface area (Å²) in [7, 11) is 3.87. The van der Waals surface area contributed by atoms with E-state index < -0.39 is 0 Å². The molecule has 1 fully saturated rings. The summed E-state index contributed by atoms with van der Waals surface area (Å²) in [5.41, 5.74) is 10.7. The fraction of sp³-hybridized carbons (Fsp3) is 0.370. The van der Waals surface area contributed by atoms with Crippen molar-refractivity contribution in [3.63, 3.8) is 0 Å². The number of hydrogen-bond acceptors (Lipinski definition) is 8. The van der Waals surface area contributed by atoms with Crippen LogP contribution in [0.2, 0.25) is 10.0 Å². The smallest absolute Gasteiger partial charge is 0.275 e. The number of nitrogens with zero attached hydrogens (tertiary/aromatic N) is 9. The molecule has 4 aromatic heterocycles. The molecule has 0 spiro atoms. The second kappa shape index (κ2) is 16.0. The first-order valence-corrected chi connectivity index (χ1v) is 21.3. The average molecular weight is 847 g/mol. The van der Waals surface area contributed by atoms with E-state index in [0.29, 0.717) is 62.3 Å². The molecule has 2 aliphatic heterocycles. The summed E-state index contributed by atoms with van der Waals surface area (Å²) in [6.07, 6.45) is 5.03. The van der Waals surface area contributed by atoms with Crippen LogP contribution in [0.1, 0.15) is 63.8 Å². The van der Waals surface area contributed by atoms with Crippen LogP contribution in [0.5, 0.6) is 5.75 Å². The highest BCUT2D eigenvalue weighted by Gasteiger charge is 2.37. The molecular weight excluding hydrogens is 797 g/mol. The van der Waals surface area contributed by atoms with Crippen LogP contribution in [0.3, 0.4) is 0 Å². The van der Waals surface area contributed by atoms with Gasteiger partial charge in [0, 0.05) is 95.4 Å². The number of ether oxygens (including phenoxy) is 2. The highest BCUT2D eigenvalue weighted by atomic mass is 35.5. The van der Waals surface area contributed by atoms with Crippen molar-refractivity contribution in [2.24, 2.45) is 14.1 Å². The van der Waals surface area contributed by atoms with Crippen molar-refractivity contribution in [1.82, 2.24) is 38.8 Å². The molecule has 1 amide bonds.